The number of halogens is 1. The van der Waals surface area contributed by atoms with Crippen LogP contribution in [0.1, 0.15) is 0 Å². The molecule has 0 aliphatic rings. The number of benzene rings is 3. The van der Waals surface area contributed by atoms with Crippen molar-refractivity contribution in [3.63, 3.8) is 0 Å². The molecule has 1 heterocycles. The number of imidazole rings is 1. The molecule has 0 bridgehead atoms. The number of phenolic OH excluding ortho intramolecular Hbond substituents is 3. The third-order valence-corrected chi connectivity index (χ3v) is 4.50. The first kappa shape index (κ1) is 17.0. The molecule has 0 atom stereocenters. The number of nitrogens with zero attached hydrogens (tertiary/aromatic N) is 2. The largest absolute Gasteiger partial charge is 0.508 e. The van der Waals surface area contributed by atoms with Crippen molar-refractivity contribution in [2.24, 2.45) is 0 Å². The van der Waals surface area contributed by atoms with Crippen LogP contribution in [0.15, 0.2) is 72.9 Å². The summed E-state index contributed by atoms with van der Waals surface area (Å²) in [6, 6.07) is 18.2. The Hall–Kier alpha value is -3.44. The Labute approximate surface area is 160 Å². The van der Waals surface area contributed by atoms with Gasteiger partial charge in [-0.25, -0.2) is 4.98 Å². The van der Waals surface area contributed by atoms with E-state index >= 15 is 0 Å². The number of rotatable bonds is 3. The van der Waals surface area contributed by atoms with Gasteiger partial charge in [0, 0.05) is 23.0 Å². The van der Waals surface area contributed by atoms with Crippen molar-refractivity contribution in [1.29, 1.82) is 0 Å². The summed E-state index contributed by atoms with van der Waals surface area (Å²) in [5.74, 6) is 1.01. The van der Waals surface area contributed by atoms with Crippen LogP contribution in [0.25, 0.3) is 28.3 Å². The first-order chi connectivity index (χ1) is 13.0. The van der Waals surface area contributed by atoms with Crippen molar-refractivity contribution in [2.75, 3.05) is 0 Å². The molecule has 5 nitrogen and oxygen atoms in total. The van der Waals surface area contributed by atoms with Gasteiger partial charge in [0.2, 0.25) is 0 Å². The van der Waals surface area contributed by atoms with Gasteiger partial charge in [-0.05, 0) is 66.7 Å². The van der Waals surface area contributed by atoms with Crippen LogP contribution in [0.4, 0.5) is 0 Å². The topological polar surface area (TPSA) is 78.5 Å². The van der Waals surface area contributed by atoms with Crippen LogP contribution >= 0.6 is 11.6 Å². The van der Waals surface area contributed by atoms with E-state index in [1.165, 1.54) is 6.07 Å². The molecule has 27 heavy (non-hydrogen) atoms. The summed E-state index contributed by atoms with van der Waals surface area (Å²) < 4.78 is 1.86. The Morgan fingerprint density at radius 1 is 0.741 bits per heavy atom. The Balaban J connectivity index is 1.92. The highest BCUT2D eigenvalue weighted by molar-refractivity contribution is 6.33. The predicted molar refractivity (Wildman–Crippen MR) is 104 cm³/mol. The molecular weight excluding hydrogens is 364 g/mol. The van der Waals surface area contributed by atoms with Crippen LogP contribution in [0.5, 0.6) is 17.2 Å². The average molecular weight is 379 g/mol. The minimum absolute atomic E-state index is 0.0743. The van der Waals surface area contributed by atoms with Gasteiger partial charge in [0.05, 0.1) is 10.7 Å². The normalized spacial score (nSPS) is 10.9. The fourth-order valence-electron chi connectivity index (χ4n) is 2.84. The second-order valence-corrected chi connectivity index (χ2v) is 6.45. The van der Waals surface area contributed by atoms with Gasteiger partial charge in [-0.15, -0.1) is 0 Å². The number of hydrogen-bond acceptors (Lipinski definition) is 4. The molecule has 0 fully saturated rings. The monoisotopic (exact) mass is 378 g/mol. The molecule has 1 aromatic heterocycles. The predicted octanol–water partition coefficient (Wildman–Crippen LogP) is 4.98. The van der Waals surface area contributed by atoms with Crippen LogP contribution in [-0.4, -0.2) is 24.9 Å². The molecule has 0 amide bonds. The van der Waals surface area contributed by atoms with Crippen molar-refractivity contribution in [1.82, 2.24) is 9.55 Å². The quantitative estimate of drug-likeness (QED) is 0.470. The minimum Gasteiger partial charge on any atom is -0.508 e. The number of aromatic hydroxyl groups is 3. The molecule has 3 aromatic carbocycles. The van der Waals surface area contributed by atoms with Crippen molar-refractivity contribution >= 4 is 11.6 Å². The molecule has 4 aromatic rings. The van der Waals surface area contributed by atoms with E-state index in [9.17, 15) is 15.3 Å². The number of aromatic nitrogens is 2. The molecule has 0 aliphatic carbocycles. The first-order valence-corrected chi connectivity index (χ1v) is 8.56. The third-order valence-electron chi connectivity index (χ3n) is 4.19. The summed E-state index contributed by atoms with van der Waals surface area (Å²) in [5, 5.41) is 29.1. The van der Waals surface area contributed by atoms with E-state index in [1.54, 1.807) is 60.7 Å². The van der Waals surface area contributed by atoms with E-state index in [-0.39, 0.29) is 17.2 Å². The lowest BCUT2D eigenvalue weighted by Crippen LogP contribution is -1.96. The molecule has 4 rings (SSSR count). The van der Waals surface area contributed by atoms with Crippen molar-refractivity contribution in [3.8, 4) is 45.6 Å². The molecule has 3 N–H and O–H groups in total. The lowest BCUT2D eigenvalue weighted by molar-refractivity contribution is 0.474. The fraction of sp³-hybridized carbons (Fsp3) is 0. The van der Waals surface area contributed by atoms with E-state index in [0.29, 0.717) is 22.1 Å². The average Bonchev–Trinajstić information content (AvgIpc) is 3.08. The van der Waals surface area contributed by atoms with Gasteiger partial charge < -0.3 is 15.3 Å². The van der Waals surface area contributed by atoms with Crippen LogP contribution in [0.2, 0.25) is 5.02 Å². The second-order valence-electron chi connectivity index (χ2n) is 6.05. The lowest BCUT2D eigenvalue weighted by Gasteiger charge is -2.09. The first-order valence-electron chi connectivity index (χ1n) is 8.18. The fourth-order valence-corrected chi connectivity index (χ4v) is 3.10. The maximum Gasteiger partial charge on any atom is 0.146 e. The van der Waals surface area contributed by atoms with Crippen molar-refractivity contribution in [2.45, 2.75) is 0 Å². The summed E-state index contributed by atoms with van der Waals surface area (Å²) in [4.78, 5) is 4.72. The van der Waals surface area contributed by atoms with Gasteiger partial charge in [0.25, 0.3) is 0 Å². The van der Waals surface area contributed by atoms with Crippen LogP contribution in [-0.2, 0) is 0 Å². The summed E-state index contributed by atoms with van der Waals surface area (Å²) >= 11 is 6.34. The highest BCUT2D eigenvalue weighted by atomic mass is 35.5. The zero-order chi connectivity index (χ0) is 19.0. The van der Waals surface area contributed by atoms with E-state index in [4.69, 9.17) is 16.6 Å². The Morgan fingerprint density at radius 2 is 1.33 bits per heavy atom. The lowest BCUT2D eigenvalue weighted by atomic mass is 10.1. The molecule has 0 saturated heterocycles. The summed E-state index contributed by atoms with van der Waals surface area (Å²) in [6.07, 6.45) is 1.86. The summed E-state index contributed by atoms with van der Waals surface area (Å²) in [6.45, 7) is 0. The molecule has 6 heteroatoms. The standard InChI is InChI=1S/C21H15ClN2O3/c22-19-11-17(27)9-10-18(19)21-23-20(13-1-5-15(25)6-2-13)12-24(21)14-3-7-16(26)8-4-14/h1-12,25-27H. The zero-order valence-electron chi connectivity index (χ0n) is 14.0. The molecule has 0 radical (unpaired) electrons. The Bertz CT molecular complexity index is 1100. The number of phenols is 3. The Morgan fingerprint density at radius 3 is 1.96 bits per heavy atom. The van der Waals surface area contributed by atoms with E-state index in [0.717, 1.165) is 11.3 Å². The maximum absolute atomic E-state index is 9.65. The van der Waals surface area contributed by atoms with Crippen LogP contribution in [0, 0.1) is 0 Å². The summed E-state index contributed by atoms with van der Waals surface area (Å²) in [5.41, 5.74) is 2.99. The van der Waals surface area contributed by atoms with E-state index < -0.39 is 0 Å². The summed E-state index contributed by atoms with van der Waals surface area (Å²) in [7, 11) is 0. The molecule has 0 spiro atoms. The van der Waals surface area contributed by atoms with Gasteiger partial charge >= 0.3 is 0 Å². The van der Waals surface area contributed by atoms with Crippen LogP contribution < -0.4 is 0 Å². The van der Waals surface area contributed by atoms with E-state index in [2.05, 4.69) is 0 Å². The highest BCUT2D eigenvalue weighted by Gasteiger charge is 2.16. The maximum atomic E-state index is 9.65. The molecule has 134 valence electrons. The zero-order valence-corrected chi connectivity index (χ0v) is 14.8. The smallest absolute Gasteiger partial charge is 0.146 e. The van der Waals surface area contributed by atoms with Gasteiger partial charge in [-0.2, -0.15) is 0 Å². The molecule has 0 aliphatic heterocycles. The van der Waals surface area contributed by atoms with E-state index in [1.807, 2.05) is 10.8 Å². The van der Waals surface area contributed by atoms with Gasteiger partial charge in [-0.1, -0.05) is 11.6 Å². The third kappa shape index (κ3) is 3.32. The van der Waals surface area contributed by atoms with Crippen molar-refractivity contribution < 1.29 is 15.3 Å². The SMILES string of the molecule is Oc1ccc(-c2cn(-c3ccc(O)cc3)c(-c3ccc(O)cc3Cl)n2)cc1. The van der Waals surface area contributed by atoms with Crippen LogP contribution in [0.3, 0.4) is 0 Å². The highest BCUT2D eigenvalue weighted by Crippen LogP contribution is 2.34. The van der Waals surface area contributed by atoms with Crippen molar-refractivity contribution in [3.05, 3.63) is 77.9 Å². The van der Waals surface area contributed by atoms with Gasteiger partial charge in [0.15, 0.2) is 0 Å². The molecule has 0 saturated carbocycles. The van der Waals surface area contributed by atoms with Gasteiger partial charge in [-0.3, -0.25) is 4.57 Å². The number of hydrogen-bond donors (Lipinski definition) is 3. The minimum atomic E-state index is 0.0743. The molecule has 0 unspecified atom stereocenters. The second kappa shape index (κ2) is 6.70. The van der Waals surface area contributed by atoms with Gasteiger partial charge in [0.1, 0.15) is 23.1 Å². The Kier molecular flexibility index (Phi) is 4.22. The molecular formula is C21H15ClN2O3.